The second-order valence-electron chi connectivity index (χ2n) is 4.56. The van der Waals surface area contributed by atoms with E-state index in [1.807, 2.05) is 6.92 Å². The Labute approximate surface area is 120 Å². The lowest BCUT2D eigenvalue weighted by Gasteiger charge is -2.16. The van der Waals surface area contributed by atoms with Crippen LogP contribution >= 0.6 is 15.9 Å². The van der Waals surface area contributed by atoms with Crippen LogP contribution in [0.2, 0.25) is 0 Å². The van der Waals surface area contributed by atoms with Crippen LogP contribution in [0.25, 0.3) is 0 Å². The minimum Gasteiger partial charge on any atom is -0.381 e. The molecule has 104 valence electrons. The SMILES string of the molecule is CCOCC1CCN(C(=O)c2cnc(F)c(Br)c2)C1. The summed E-state index contributed by atoms with van der Waals surface area (Å²) in [6, 6.07) is 1.47. The third kappa shape index (κ3) is 3.51. The highest BCUT2D eigenvalue weighted by Gasteiger charge is 2.27. The van der Waals surface area contributed by atoms with Crippen molar-refractivity contribution in [3.63, 3.8) is 0 Å². The summed E-state index contributed by atoms with van der Waals surface area (Å²) in [7, 11) is 0. The summed E-state index contributed by atoms with van der Waals surface area (Å²) in [5.74, 6) is -0.319. The third-order valence-corrected chi connectivity index (χ3v) is 3.73. The van der Waals surface area contributed by atoms with Gasteiger partial charge >= 0.3 is 0 Å². The molecule has 0 N–H and O–H groups in total. The van der Waals surface area contributed by atoms with Crippen LogP contribution < -0.4 is 0 Å². The molecule has 1 aliphatic heterocycles. The number of amides is 1. The Morgan fingerprint density at radius 1 is 1.68 bits per heavy atom. The lowest BCUT2D eigenvalue weighted by Crippen LogP contribution is -2.29. The number of pyridine rings is 1. The molecule has 19 heavy (non-hydrogen) atoms. The summed E-state index contributed by atoms with van der Waals surface area (Å²) < 4.78 is 18.6. The third-order valence-electron chi connectivity index (χ3n) is 3.17. The first kappa shape index (κ1) is 14.4. The molecule has 1 atom stereocenters. The van der Waals surface area contributed by atoms with Crippen LogP contribution in [0, 0.1) is 11.9 Å². The van der Waals surface area contributed by atoms with E-state index in [1.54, 1.807) is 4.90 Å². The second kappa shape index (κ2) is 6.43. The number of rotatable bonds is 4. The van der Waals surface area contributed by atoms with Gasteiger partial charge in [-0.2, -0.15) is 4.39 Å². The van der Waals surface area contributed by atoms with Gasteiger partial charge in [0, 0.05) is 31.8 Å². The first-order valence-corrected chi connectivity index (χ1v) is 7.09. The molecular formula is C13H16BrFN2O2. The van der Waals surface area contributed by atoms with Gasteiger partial charge in [0.1, 0.15) is 0 Å². The molecule has 4 nitrogen and oxygen atoms in total. The minimum atomic E-state index is -0.604. The van der Waals surface area contributed by atoms with Crippen LogP contribution in [-0.4, -0.2) is 42.1 Å². The van der Waals surface area contributed by atoms with Gasteiger partial charge in [-0.3, -0.25) is 4.79 Å². The average Bonchev–Trinajstić information content (AvgIpc) is 2.87. The molecular weight excluding hydrogens is 315 g/mol. The molecule has 1 fully saturated rings. The molecule has 1 aliphatic rings. The molecule has 0 bridgehead atoms. The van der Waals surface area contributed by atoms with E-state index in [2.05, 4.69) is 20.9 Å². The van der Waals surface area contributed by atoms with E-state index in [1.165, 1.54) is 12.3 Å². The number of hydrogen-bond acceptors (Lipinski definition) is 3. The molecule has 2 rings (SSSR count). The predicted octanol–water partition coefficient (Wildman–Crippen LogP) is 2.48. The number of carbonyl (C=O) groups is 1. The van der Waals surface area contributed by atoms with E-state index in [0.717, 1.165) is 6.42 Å². The molecule has 0 aromatic carbocycles. The highest BCUT2D eigenvalue weighted by molar-refractivity contribution is 9.10. The number of aromatic nitrogens is 1. The van der Waals surface area contributed by atoms with Gasteiger partial charge in [0.25, 0.3) is 5.91 Å². The summed E-state index contributed by atoms with van der Waals surface area (Å²) in [5.41, 5.74) is 0.408. The zero-order valence-corrected chi connectivity index (χ0v) is 12.3. The molecule has 1 aromatic heterocycles. The lowest BCUT2D eigenvalue weighted by atomic mass is 10.1. The topological polar surface area (TPSA) is 42.4 Å². The van der Waals surface area contributed by atoms with Crippen LogP contribution in [-0.2, 0) is 4.74 Å². The zero-order chi connectivity index (χ0) is 13.8. The van der Waals surface area contributed by atoms with E-state index < -0.39 is 5.95 Å². The van der Waals surface area contributed by atoms with Crippen LogP contribution in [0.4, 0.5) is 4.39 Å². The molecule has 1 saturated heterocycles. The Morgan fingerprint density at radius 3 is 3.16 bits per heavy atom. The van der Waals surface area contributed by atoms with Gasteiger partial charge in [-0.25, -0.2) is 4.98 Å². The standard InChI is InChI=1S/C13H16BrFN2O2/c1-2-19-8-9-3-4-17(7-9)13(18)10-5-11(14)12(15)16-6-10/h5-6,9H,2-4,7-8H2,1H3. The maximum Gasteiger partial charge on any atom is 0.255 e. The van der Waals surface area contributed by atoms with Gasteiger partial charge < -0.3 is 9.64 Å². The quantitative estimate of drug-likeness (QED) is 0.796. The van der Waals surface area contributed by atoms with E-state index >= 15 is 0 Å². The second-order valence-corrected chi connectivity index (χ2v) is 5.42. The molecule has 0 aliphatic carbocycles. The van der Waals surface area contributed by atoms with Crippen LogP contribution in [0.3, 0.4) is 0 Å². The zero-order valence-electron chi connectivity index (χ0n) is 10.7. The van der Waals surface area contributed by atoms with Gasteiger partial charge in [0.05, 0.1) is 16.6 Å². The molecule has 0 radical (unpaired) electrons. The van der Waals surface area contributed by atoms with Crippen molar-refractivity contribution < 1.29 is 13.9 Å². The lowest BCUT2D eigenvalue weighted by molar-refractivity contribution is 0.0762. The summed E-state index contributed by atoms with van der Waals surface area (Å²) in [4.78, 5) is 17.6. The molecule has 0 saturated carbocycles. The Kier molecular flexibility index (Phi) is 4.87. The first-order valence-electron chi connectivity index (χ1n) is 6.30. The normalized spacial score (nSPS) is 18.9. The van der Waals surface area contributed by atoms with Crippen molar-refractivity contribution in [1.29, 1.82) is 0 Å². The maximum atomic E-state index is 13.0. The van der Waals surface area contributed by atoms with Gasteiger partial charge in [-0.1, -0.05) is 0 Å². The highest BCUT2D eigenvalue weighted by atomic mass is 79.9. The first-order chi connectivity index (χ1) is 9.11. The Hall–Kier alpha value is -1.01. The Balaban J connectivity index is 1.99. The Bertz CT molecular complexity index is 470. The van der Waals surface area contributed by atoms with Crippen LogP contribution in [0.5, 0.6) is 0 Å². The molecule has 6 heteroatoms. The van der Waals surface area contributed by atoms with Gasteiger partial charge in [-0.05, 0) is 35.3 Å². The van der Waals surface area contributed by atoms with Crippen molar-refractivity contribution in [2.45, 2.75) is 13.3 Å². The van der Waals surface area contributed by atoms with Crippen molar-refractivity contribution in [1.82, 2.24) is 9.88 Å². The highest BCUT2D eigenvalue weighted by Crippen LogP contribution is 2.21. The molecule has 1 unspecified atom stereocenters. The number of hydrogen-bond donors (Lipinski definition) is 0. The van der Waals surface area contributed by atoms with Gasteiger partial charge in [-0.15, -0.1) is 0 Å². The predicted molar refractivity (Wildman–Crippen MR) is 72.4 cm³/mol. The summed E-state index contributed by atoms with van der Waals surface area (Å²) >= 11 is 3.04. The Morgan fingerprint density at radius 2 is 2.47 bits per heavy atom. The van der Waals surface area contributed by atoms with E-state index in [9.17, 15) is 9.18 Å². The molecule has 1 amide bonds. The maximum absolute atomic E-state index is 13.0. The minimum absolute atomic E-state index is 0.104. The summed E-state index contributed by atoms with van der Waals surface area (Å²) in [6.45, 7) is 4.74. The van der Waals surface area contributed by atoms with Gasteiger partial charge in [0.15, 0.2) is 0 Å². The molecule has 2 heterocycles. The number of carbonyl (C=O) groups excluding carboxylic acids is 1. The number of halogens is 2. The number of nitrogens with zero attached hydrogens (tertiary/aromatic N) is 2. The van der Waals surface area contributed by atoms with Gasteiger partial charge in [0.2, 0.25) is 5.95 Å². The average molecular weight is 331 g/mol. The van der Waals surface area contributed by atoms with Crippen molar-refractivity contribution in [3.8, 4) is 0 Å². The largest absolute Gasteiger partial charge is 0.381 e. The molecule has 0 spiro atoms. The van der Waals surface area contributed by atoms with E-state index in [-0.39, 0.29) is 10.4 Å². The fourth-order valence-electron chi connectivity index (χ4n) is 2.16. The van der Waals surface area contributed by atoms with E-state index in [0.29, 0.717) is 37.8 Å². The number of likely N-dealkylation sites (tertiary alicyclic amines) is 1. The summed E-state index contributed by atoms with van der Waals surface area (Å²) in [5, 5.41) is 0. The summed E-state index contributed by atoms with van der Waals surface area (Å²) in [6.07, 6.45) is 2.22. The fraction of sp³-hybridized carbons (Fsp3) is 0.538. The number of ether oxygens (including phenoxy) is 1. The van der Waals surface area contributed by atoms with Crippen molar-refractivity contribution in [2.75, 3.05) is 26.3 Å². The monoisotopic (exact) mass is 330 g/mol. The van der Waals surface area contributed by atoms with Crippen molar-refractivity contribution in [3.05, 3.63) is 28.2 Å². The van der Waals surface area contributed by atoms with Crippen LogP contribution in [0.15, 0.2) is 16.7 Å². The van der Waals surface area contributed by atoms with Crippen LogP contribution in [0.1, 0.15) is 23.7 Å². The molecule has 1 aromatic rings. The van der Waals surface area contributed by atoms with E-state index in [4.69, 9.17) is 4.74 Å². The fourth-order valence-corrected chi connectivity index (χ4v) is 2.51. The van der Waals surface area contributed by atoms with Crippen molar-refractivity contribution in [2.24, 2.45) is 5.92 Å². The van der Waals surface area contributed by atoms with Crippen molar-refractivity contribution >= 4 is 21.8 Å². The smallest absolute Gasteiger partial charge is 0.255 e.